The third kappa shape index (κ3) is 3.01. The summed E-state index contributed by atoms with van der Waals surface area (Å²) >= 11 is 5.20. The van der Waals surface area contributed by atoms with Crippen molar-refractivity contribution in [2.24, 2.45) is 0 Å². The average Bonchev–Trinajstić information content (AvgIpc) is 2.46. The molecule has 5 heteroatoms. The predicted octanol–water partition coefficient (Wildman–Crippen LogP) is 3.84. The quantitative estimate of drug-likeness (QED) is 0.787. The largest absolute Gasteiger partial charge is 0.444 e. The molecule has 0 radical (unpaired) electrons. The Balaban J connectivity index is 1.87. The number of likely N-dealkylation sites (tertiary alicyclic amines) is 1. The molecule has 2 heterocycles. The van der Waals surface area contributed by atoms with Gasteiger partial charge in [0.05, 0.1) is 0 Å². The van der Waals surface area contributed by atoms with E-state index in [-0.39, 0.29) is 6.09 Å². The highest BCUT2D eigenvalue weighted by molar-refractivity contribution is 9.10. The molecule has 94 valence electrons. The lowest BCUT2D eigenvalue weighted by atomic mass is 9.94. The number of carbonyl (C=O) groups is 1. The molecule has 0 spiro atoms. The monoisotopic (exact) mass is 317 g/mol. The summed E-state index contributed by atoms with van der Waals surface area (Å²) in [4.78, 5) is 13.5. The van der Waals surface area contributed by atoms with Crippen molar-refractivity contribution >= 4 is 33.4 Å². The second kappa shape index (κ2) is 4.61. The van der Waals surface area contributed by atoms with Gasteiger partial charge in [-0.1, -0.05) is 0 Å². The van der Waals surface area contributed by atoms with Gasteiger partial charge in [0.2, 0.25) is 0 Å². The molecule has 0 atom stereocenters. The van der Waals surface area contributed by atoms with E-state index in [9.17, 15) is 4.79 Å². The zero-order valence-corrected chi connectivity index (χ0v) is 12.6. The summed E-state index contributed by atoms with van der Waals surface area (Å²) in [6.07, 6.45) is -0.208. The van der Waals surface area contributed by atoms with Crippen molar-refractivity contribution in [1.82, 2.24) is 4.90 Å². The van der Waals surface area contributed by atoms with Gasteiger partial charge in [0.1, 0.15) is 5.60 Å². The Bertz CT molecular complexity index is 418. The van der Waals surface area contributed by atoms with E-state index in [0.717, 1.165) is 17.6 Å². The van der Waals surface area contributed by atoms with E-state index in [1.165, 1.54) is 5.56 Å². The number of nitrogens with zero attached hydrogens (tertiary/aromatic N) is 1. The third-order valence-electron chi connectivity index (χ3n) is 2.62. The maximum atomic E-state index is 11.7. The number of hydrogen-bond acceptors (Lipinski definition) is 3. The first kappa shape index (κ1) is 12.9. The van der Waals surface area contributed by atoms with Gasteiger partial charge in [-0.3, -0.25) is 0 Å². The first-order chi connectivity index (χ1) is 7.87. The summed E-state index contributed by atoms with van der Waals surface area (Å²) < 4.78 is 6.46. The minimum Gasteiger partial charge on any atom is -0.444 e. The Labute approximate surface area is 114 Å². The van der Waals surface area contributed by atoms with Crippen molar-refractivity contribution < 1.29 is 9.53 Å². The van der Waals surface area contributed by atoms with Crippen LogP contribution in [0.4, 0.5) is 4.79 Å². The van der Waals surface area contributed by atoms with Crippen LogP contribution in [0.1, 0.15) is 32.3 Å². The summed E-state index contributed by atoms with van der Waals surface area (Å²) in [6.45, 7) is 7.17. The average molecular weight is 318 g/mol. The molecule has 0 bridgehead atoms. The van der Waals surface area contributed by atoms with E-state index in [4.69, 9.17) is 4.74 Å². The topological polar surface area (TPSA) is 29.5 Å². The molecule has 1 aromatic heterocycles. The van der Waals surface area contributed by atoms with E-state index in [2.05, 4.69) is 26.7 Å². The molecule has 0 N–H and O–H groups in total. The lowest BCUT2D eigenvalue weighted by Gasteiger charge is -2.39. The molecule has 1 aromatic rings. The van der Waals surface area contributed by atoms with Gasteiger partial charge in [-0.15, -0.1) is 0 Å². The fraction of sp³-hybridized carbons (Fsp3) is 0.583. The van der Waals surface area contributed by atoms with Gasteiger partial charge in [0.25, 0.3) is 0 Å². The molecule has 3 nitrogen and oxygen atoms in total. The van der Waals surface area contributed by atoms with E-state index >= 15 is 0 Å². The number of amides is 1. The van der Waals surface area contributed by atoms with E-state index in [1.54, 1.807) is 16.2 Å². The van der Waals surface area contributed by atoms with Crippen molar-refractivity contribution in [1.29, 1.82) is 0 Å². The summed E-state index contributed by atoms with van der Waals surface area (Å²) in [5.41, 5.74) is 0.889. The molecule has 0 saturated carbocycles. The van der Waals surface area contributed by atoms with Gasteiger partial charge in [0.15, 0.2) is 0 Å². The molecule has 1 saturated heterocycles. The maximum absolute atomic E-state index is 11.7. The molecule has 1 aliphatic heterocycles. The van der Waals surface area contributed by atoms with E-state index in [1.807, 2.05) is 20.8 Å². The summed E-state index contributed by atoms with van der Waals surface area (Å²) in [6, 6.07) is 0. The number of hydrogen-bond donors (Lipinski definition) is 0. The summed E-state index contributed by atoms with van der Waals surface area (Å²) in [7, 11) is 0. The molecule has 1 fully saturated rings. The Morgan fingerprint density at radius 1 is 1.47 bits per heavy atom. The van der Waals surface area contributed by atoms with Crippen LogP contribution in [0.15, 0.2) is 15.2 Å². The highest BCUT2D eigenvalue weighted by atomic mass is 79.9. The Kier molecular flexibility index (Phi) is 3.50. The first-order valence-electron chi connectivity index (χ1n) is 5.56. The lowest BCUT2D eigenvalue weighted by molar-refractivity contribution is 0.00818. The van der Waals surface area contributed by atoms with Gasteiger partial charge in [-0.05, 0) is 47.6 Å². The zero-order chi connectivity index (χ0) is 12.6. The van der Waals surface area contributed by atoms with Crippen molar-refractivity contribution in [2.45, 2.75) is 32.3 Å². The van der Waals surface area contributed by atoms with E-state index in [0.29, 0.717) is 5.92 Å². The maximum Gasteiger partial charge on any atom is 0.410 e. The highest BCUT2D eigenvalue weighted by Gasteiger charge is 2.35. The fourth-order valence-electron chi connectivity index (χ4n) is 1.73. The molecule has 0 aromatic carbocycles. The van der Waals surface area contributed by atoms with Crippen molar-refractivity contribution in [3.63, 3.8) is 0 Å². The van der Waals surface area contributed by atoms with Crippen LogP contribution in [0, 0.1) is 0 Å². The highest BCUT2D eigenvalue weighted by Crippen LogP contribution is 2.35. The molecule has 0 unspecified atom stereocenters. The number of thiophene rings is 1. The molecule has 0 aliphatic carbocycles. The Morgan fingerprint density at radius 2 is 2.12 bits per heavy atom. The van der Waals surface area contributed by atoms with Crippen LogP contribution >= 0.6 is 27.3 Å². The van der Waals surface area contributed by atoms with Crippen LogP contribution < -0.4 is 0 Å². The van der Waals surface area contributed by atoms with Crippen molar-refractivity contribution in [3.8, 4) is 0 Å². The summed E-state index contributed by atoms with van der Waals surface area (Å²) in [5, 5.41) is 4.21. The molecule has 17 heavy (non-hydrogen) atoms. The second-order valence-corrected chi connectivity index (χ2v) is 6.86. The molecule has 1 aliphatic rings. The van der Waals surface area contributed by atoms with Gasteiger partial charge < -0.3 is 9.64 Å². The zero-order valence-electron chi connectivity index (χ0n) is 10.2. The number of halogens is 1. The van der Waals surface area contributed by atoms with Crippen molar-refractivity contribution in [2.75, 3.05) is 13.1 Å². The van der Waals surface area contributed by atoms with Crippen LogP contribution in [0.2, 0.25) is 0 Å². The molecular weight excluding hydrogens is 302 g/mol. The predicted molar refractivity (Wildman–Crippen MR) is 72.6 cm³/mol. The van der Waals surface area contributed by atoms with Crippen LogP contribution in [0.3, 0.4) is 0 Å². The van der Waals surface area contributed by atoms with Crippen LogP contribution in [0.5, 0.6) is 0 Å². The number of carbonyl (C=O) groups excluding carboxylic acids is 1. The van der Waals surface area contributed by atoms with Gasteiger partial charge in [-0.25, -0.2) is 4.79 Å². The second-order valence-electron chi connectivity index (χ2n) is 5.26. The first-order valence-corrected chi connectivity index (χ1v) is 7.30. The molecule has 2 rings (SSSR count). The Hall–Kier alpha value is -0.550. The van der Waals surface area contributed by atoms with Crippen LogP contribution in [-0.4, -0.2) is 29.7 Å². The molecular formula is C12H16BrNO2S. The van der Waals surface area contributed by atoms with Gasteiger partial charge >= 0.3 is 6.09 Å². The van der Waals surface area contributed by atoms with Crippen molar-refractivity contribution in [3.05, 3.63) is 20.8 Å². The Morgan fingerprint density at radius 3 is 2.59 bits per heavy atom. The number of ether oxygens (including phenoxy) is 1. The standard InChI is InChI=1S/C12H16BrNO2S/c1-12(2,3)16-11(15)14-4-8(5-14)9-6-17-7-10(9)13/h6-8H,4-5H2,1-3H3. The SMILES string of the molecule is CC(C)(C)OC(=O)N1CC(c2cscc2Br)C1. The van der Waals surface area contributed by atoms with E-state index < -0.39 is 5.60 Å². The van der Waals surface area contributed by atoms with Gasteiger partial charge in [-0.2, -0.15) is 11.3 Å². The van der Waals surface area contributed by atoms with Gasteiger partial charge in [0, 0.05) is 28.9 Å². The minimum absolute atomic E-state index is 0.208. The molecule has 1 amide bonds. The summed E-state index contributed by atoms with van der Waals surface area (Å²) in [5.74, 6) is 0.447. The normalized spacial score (nSPS) is 16.8. The minimum atomic E-state index is -0.412. The fourth-order valence-corrected chi connectivity index (χ4v) is 3.44. The third-order valence-corrected chi connectivity index (χ3v) is 4.37. The van der Waals surface area contributed by atoms with Crippen LogP contribution in [-0.2, 0) is 4.74 Å². The number of rotatable bonds is 1. The smallest absolute Gasteiger partial charge is 0.410 e. The lowest BCUT2D eigenvalue weighted by Crippen LogP contribution is -2.50. The van der Waals surface area contributed by atoms with Crippen LogP contribution in [0.25, 0.3) is 0 Å².